The number of aliphatic carboxylic acids is 1. The molecule has 0 bridgehead atoms. The van der Waals surface area contributed by atoms with Crippen molar-refractivity contribution in [3.8, 4) is 0 Å². The van der Waals surface area contributed by atoms with Gasteiger partial charge >= 0.3 is 5.97 Å². The Morgan fingerprint density at radius 2 is 2.11 bits per heavy atom. The van der Waals surface area contributed by atoms with Gasteiger partial charge in [0, 0.05) is 6.07 Å². The second kappa shape index (κ2) is 5.21. The number of rotatable bonds is 4. The van der Waals surface area contributed by atoms with Gasteiger partial charge in [-0.05, 0) is 13.0 Å². The average molecular weight is 256 g/mol. The van der Waals surface area contributed by atoms with Gasteiger partial charge in [-0.25, -0.2) is 4.39 Å². The van der Waals surface area contributed by atoms with E-state index in [1.165, 1.54) is 0 Å². The Balaban J connectivity index is 3.12. The van der Waals surface area contributed by atoms with E-state index in [9.17, 15) is 24.1 Å². The lowest BCUT2D eigenvalue weighted by Crippen LogP contribution is -2.38. The van der Waals surface area contributed by atoms with Crippen molar-refractivity contribution in [2.75, 3.05) is 0 Å². The maximum atomic E-state index is 13.4. The summed E-state index contributed by atoms with van der Waals surface area (Å²) in [7, 11) is 0. The van der Waals surface area contributed by atoms with Crippen LogP contribution in [0.5, 0.6) is 0 Å². The number of hydrogen-bond acceptors (Lipinski definition) is 4. The lowest BCUT2D eigenvalue weighted by Gasteiger charge is -2.09. The van der Waals surface area contributed by atoms with Crippen LogP contribution in [-0.4, -0.2) is 27.9 Å². The van der Waals surface area contributed by atoms with Crippen LogP contribution < -0.4 is 5.32 Å². The zero-order chi connectivity index (χ0) is 13.9. The molecular weight excluding hydrogens is 247 g/mol. The highest BCUT2D eigenvalue weighted by atomic mass is 19.1. The Morgan fingerprint density at radius 1 is 1.50 bits per heavy atom. The maximum absolute atomic E-state index is 13.4. The van der Waals surface area contributed by atoms with E-state index in [2.05, 4.69) is 0 Å². The van der Waals surface area contributed by atoms with Gasteiger partial charge in [0.1, 0.15) is 11.9 Å². The van der Waals surface area contributed by atoms with Gasteiger partial charge in [-0.3, -0.25) is 19.7 Å². The van der Waals surface area contributed by atoms with Crippen LogP contribution in [0.4, 0.5) is 10.1 Å². The predicted molar refractivity (Wildman–Crippen MR) is 57.6 cm³/mol. The molecule has 1 amide bonds. The Morgan fingerprint density at radius 3 is 2.61 bits per heavy atom. The number of nitrogens with one attached hydrogen (secondary N) is 1. The first kappa shape index (κ1) is 13.6. The minimum Gasteiger partial charge on any atom is -0.480 e. The number of carboxylic acids is 1. The standard InChI is InChI=1S/C10H9FN2O5/c1-5(10(15)16)12-9(14)8-6(11)3-2-4-7(8)13(17)18/h2-5H,1H3,(H,12,14)(H,15,16)/t5-/m1/s1. The highest BCUT2D eigenvalue weighted by molar-refractivity contribution is 6.00. The van der Waals surface area contributed by atoms with Crippen molar-refractivity contribution in [3.63, 3.8) is 0 Å². The van der Waals surface area contributed by atoms with E-state index in [1.807, 2.05) is 5.32 Å². The molecule has 0 unspecified atom stereocenters. The fraction of sp³-hybridized carbons (Fsp3) is 0.200. The summed E-state index contributed by atoms with van der Waals surface area (Å²) in [5.41, 5.74) is -1.50. The van der Waals surface area contributed by atoms with Gasteiger partial charge in [-0.2, -0.15) is 0 Å². The summed E-state index contributed by atoms with van der Waals surface area (Å²) in [5, 5.41) is 21.2. The van der Waals surface area contributed by atoms with Crippen molar-refractivity contribution >= 4 is 17.6 Å². The second-order valence-corrected chi connectivity index (χ2v) is 3.42. The van der Waals surface area contributed by atoms with Crippen LogP contribution in [0.15, 0.2) is 18.2 Å². The highest BCUT2D eigenvalue weighted by Crippen LogP contribution is 2.21. The SMILES string of the molecule is C[C@@H](NC(=O)c1c(F)cccc1[N+](=O)[O-])C(=O)O. The molecule has 2 N–H and O–H groups in total. The van der Waals surface area contributed by atoms with E-state index in [0.717, 1.165) is 25.1 Å². The molecule has 96 valence electrons. The average Bonchev–Trinajstić information content (AvgIpc) is 2.27. The maximum Gasteiger partial charge on any atom is 0.325 e. The van der Waals surface area contributed by atoms with Crippen molar-refractivity contribution < 1.29 is 24.0 Å². The number of carboxylic acid groups (broad SMARTS) is 1. The van der Waals surface area contributed by atoms with E-state index < -0.39 is 39.9 Å². The minimum atomic E-state index is -1.33. The minimum absolute atomic E-state index is 0.718. The molecule has 0 spiro atoms. The molecule has 0 aliphatic rings. The van der Waals surface area contributed by atoms with Crippen LogP contribution >= 0.6 is 0 Å². The van der Waals surface area contributed by atoms with Gasteiger partial charge in [0.25, 0.3) is 11.6 Å². The van der Waals surface area contributed by atoms with E-state index in [1.54, 1.807) is 0 Å². The number of nitro benzene ring substituents is 1. The summed E-state index contributed by atoms with van der Waals surface area (Å²) in [6, 6.07) is 1.65. The van der Waals surface area contributed by atoms with Gasteiger partial charge in [-0.1, -0.05) is 6.07 Å². The van der Waals surface area contributed by atoms with Crippen molar-refractivity contribution in [3.05, 3.63) is 39.7 Å². The van der Waals surface area contributed by atoms with Crippen LogP contribution in [0.3, 0.4) is 0 Å². The summed E-state index contributed by atoms with van der Waals surface area (Å²) in [5.74, 6) is -3.56. The highest BCUT2D eigenvalue weighted by Gasteiger charge is 2.26. The van der Waals surface area contributed by atoms with Gasteiger partial charge in [0.2, 0.25) is 0 Å². The zero-order valence-corrected chi connectivity index (χ0v) is 9.21. The smallest absolute Gasteiger partial charge is 0.325 e. The summed E-state index contributed by atoms with van der Waals surface area (Å²) < 4.78 is 13.4. The molecule has 0 fully saturated rings. The Kier molecular flexibility index (Phi) is 3.93. The molecule has 0 aromatic heterocycles. The van der Waals surface area contributed by atoms with Crippen molar-refractivity contribution in [2.24, 2.45) is 0 Å². The topological polar surface area (TPSA) is 110 Å². The molecule has 0 aliphatic carbocycles. The molecule has 0 heterocycles. The molecule has 1 atom stereocenters. The molecule has 7 nitrogen and oxygen atoms in total. The molecule has 1 aromatic rings. The van der Waals surface area contributed by atoms with Crippen LogP contribution in [0.1, 0.15) is 17.3 Å². The lowest BCUT2D eigenvalue weighted by molar-refractivity contribution is -0.385. The van der Waals surface area contributed by atoms with Crippen LogP contribution in [0, 0.1) is 15.9 Å². The first-order valence-electron chi connectivity index (χ1n) is 4.81. The molecular formula is C10H9FN2O5. The molecule has 0 radical (unpaired) electrons. The number of hydrogen-bond donors (Lipinski definition) is 2. The number of nitrogens with zero attached hydrogens (tertiary/aromatic N) is 1. The third-order valence-corrected chi connectivity index (χ3v) is 2.13. The van der Waals surface area contributed by atoms with Crippen molar-refractivity contribution in [2.45, 2.75) is 13.0 Å². The monoisotopic (exact) mass is 256 g/mol. The van der Waals surface area contributed by atoms with Gasteiger partial charge < -0.3 is 10.4 Å². The number of carbonyl (C=O) groups is 2. The van der Waals surface area contributed by atoms with E-state index in [-0.39, 0.29) is 0 Å². The number of halogens is 1. The Labute approximate surface area is 100 Å². The molecule has 1 aromatic carbocycles. The second-order valence-electron chi connectivity index (χ2n) is 3.42. The molecule has 0 aliphatic heterocycles. The Bertz CT molecular complexity index is 517. The van der Waals surface area contributed by atoms with Gasteiger partial charge in [0.15, 0.2) is 5.56 Å². The summed E-state index contributed by atoms with van der Waals surface area (Å²) in [6.07, 6.45) is 0. The van der Waals surface area contributed by atoms with Crippen molar-refractivity contribution in [1.82, 2.24) is 5.32 Å². The Hall–Kier alpha value is -2.51. The van der Waals surface area contributed by atoms with Gasteiger partial charge in [0.05, 0.1) is 4.92 Å². The number of benzene rings is 1. The fourth-order valence-electron chi connectivity index (χ4n) is 1.22. The van der Waals surface area contributed by atoms with Crippen molar-refractivity contribution in [1.29, 1.82) is 0 Å². The van der Waals surface area contributed by atoms with Gasteiger partial charge in [-0.15, -0.1) is 0 Å². The van der Waals surface area contributed by atoms with Crippen LogP contribution in [0.25, 0.3) is 0 Å². The largest absolute Gasteiger partial charge is 0.480 e. The number of carbonyl (C=O) groups excluding carboxylic acids is 1. The number of nitro groups is 1. The molecule has 8 heteroatoms. The molecule has 18 heavy (non-hydrogen) atoms. The molecule has 0 saturated carbocycles. The summed E-state index contributed by atoms with van der Waals surface area (Å²) in [6.45, 7) is 1.16. The zero-order valence-electron chi connectivity index (χ0n) is 9.21. The third-order valence-electron chi connectivity index (χ3n) is 2.13. The first-order valence-corrected chi connectivity index (χ1v) is 4.81. The first-order chi connectivity index (χ1) is 8.34. The summed E-state index contributed by atoms with van der Waals surface area (Å²) >= 11 is 0. The summed E-state index contributed by atoms with van der Waals surface area (Å²) in [4.78, 5) is 31.8. The molecule has 1 rings (SSSR count). The van der Waals surface area contributed by atoms with E-state index >= 15 is 0 Å². The fourth-order valence-corrected chi connectivity index (χ4v) is 1.22. The van der Waals surface area contributed by atoms with Crippen LogP contribution in [0.2, 0.25) is 0 Å². The van der Waals surface area contributed by atoms with E-state index in [4.69, 9.17) is 5.11 Å². The number of amides is 1. The predicted octanol–water partition coefficient (Wildman–Crippen LogP) is 0.937. The van der Waals surface area contributed by atoms with Crippen LogP contribution in [-0.2, 0) is 4.79 Å². The quantitative estimate of drug-likeness (QED) is 0.615. The third kappa shape index (κ3) is 2.78. The van der Waals surface area contributed by atoms with E-state index in [0.29, 0.717) is 0 Å². The lowest BCUT2D eigenvalue weighted by atomic mass is 10.1. The normalized spacial score (nSPS) is 11.7. The molecule has 0 saturated heterocycles.